The van der Waals surface area contributed by atoms with Crippen LogP contribution in [-0.4, -0.2) is 21.4 Å². The van der Waals surface area contributed by atoms with Crippen molar-refractivity contribution < 1.29 is 9.59 Å². The van der Waals surface area contributed by atoms with Crippen LogP contribution >= 0.6 is 0 Å². The van der Waals surface area contributed by atoms with E-state index in [4.69, 9.17) is 5.73 Å². The molecule has 5 N–H and O–H groups in total. The summed E-state index contributed by atoms with van der Waals surface area (Å²) in [6, 6.07) is 25.4. The Hall–Kier alpha value is -5.11. The zero-order chi connectivity index (χ0) is 25.9. The highest BCUT2D eigenvalue weighted by atomic mass is 16.2. The third-order valence-corrected chi connectivity index (χ3v) is 6.17. The second kappa shape index (κ2) is 9.87. The number of para-hydroxylation sites is 2. The first-order chi connectivity index (χ1) is 17.9. The lowest BCUT2D eigenvalue weighted by atomic mass is 10.0. The topological polar surface area (TPSA) is 122 Å². The summed E-state index contributed by atoms with van der Waals surface area (Å²) >= 11 is 0. The van der Waals surface area contributed by atoms with Gasteiger partial charge >= 0.3 is 0 Å². The number of benzene rings is 3. The Labute approximate surface area is 212 Å². The molecule has 0 bridgehead atoms. The highest BCUT2D eigenvalue weighted by Crippen LogP contribution is 2.27. The molecule has 2 amide bonds. The normalized spacial score (nSPS) is 10.8. The van der Waals surface area contributed by atoms with E-state index in [0.717, 1.165) is 16.7 Å². The van der Waals surface area contributed by atoms with Gasteiger partial charge in [-0.15, -0.1) is 0 Å². The molecule has 0 aliphatic rings. The van der Waals surface area contributed by atoms with Gasteiger partial charge < -0.3 is 25.9 Å². The van der Waals surface area contributed by atoms with Crippen LogP contribution in [0.5, 0.6) is 0 Å². The third-order valence-electron chi connectivity index (χ3n) is 6.17. The van der Waals surface area contributed by atoms with E-state index in [9.17, 15) is 14.4 Å². The molecule has 2 heterocycles. The number of nitrogens with one attached hydrogen (secondary N) is 3. The van der Waals surface area contributed by atoms with E-state index < -0.39 is 0 Å². The molecule has 0 atom stereocenters. The van der Waals surface area contributed by atoms with Gasteiger partial charge in [0.15, 0.2) is 0 Å². The predicted octanol–water partition coefficient (Wildman–Crippen LogP) is 4.30. The van der Waals surface area contributed by atoms with Gasteiger partial charge in [-0.3, -0.25) is 14.4 Å². The molecule has 0 aliphatic carbocycles. The van der Waals surface area contributed by atoms with Crippen molar-refractivity contribution in [2.24, 2.45) is 7.05 Å². The molecular formula is C29H25N5O3. The van der Waals surface area contributed by atoms with E-state index in [-0.39, 0.29) is 23.9 Å². The van der Waals surface area contributed by atoms with Gasteiger partial charge in [0.05, 0.1) is 11.4 Å². The van der Waals surface area contributed by atoms with Crippen molar-refractivity contribution in [3.63, 3.8) is 0 Å². The van der Waals surface area contributed by atoms with Crippen molar-refractivity contribution in [3.05, 3.63) is 118 Å². The fourth-order valence-electron chi connectivity index (χ4n) is 4.16. The number of H-pyrrole nitrogens is 1. The highest BCUT2D eigenvalue weighted by Gasteiger charge is 2.16. The van der Waals surface area contributed by atoms with Gasteiger partial charge in [0.25, 0.3) is 17.4 Å². The largest absolute Gasteiger partial charge is 0.397 e. The van der Waals surface area contributed by atoms with Gasteiger partial charge in [-0.25, -0.2) is 0 Å². The van der Waals surface area contributed by atoms with Gasteiger partial charge in [-0.05, 0) is 41.5 Å². The highest BCUT2D eigenvalue weighted by molar-refractivity contribution is 6.06. The molecule has 0 fully saturated rings. The van der Waals surface area contributed by atoms with Crippen LogP contribution < -0.4 is 21.9 Å². The van der Waals surface area contributed by atoms with Gasteiger partial charge in [0.2, 0.25) is 0 Å². The van der Waals surface area contributed by atoms with E-state index >= 15 is 0 Å². The fourth-order valence-corrected chi connectivity index (χ4v) is 4.16. The number of pyridine rings is 1. The van der Waals surface area contributed by atoms with Crippen molar-refractivity contribution in [1.82, 2.24) is 14.9 Å². The average molecular weight is 492 g/mol. The maximum atomic E-state index is 12.9. The Balaban J connectivity index is 1.30. The van der Waals surface area contributed by atoms with Crippen molar-refractivity contribution in [1.29, 1.82) is 0 Å². The second-order valence-corrected chi connectivity index (χ2v) is 8.72. The number of carbonyl (C=O) groups is 2. The van der Waals surface area contributed by atoms with Crippen molar-refractivity contribution in [2.45, 2.75) is 6.54 Å². The quantitative estimate of drug-likeness (QED) is 0.265. The molecule has 5 aromatic rings. The lowest BCUT2D eigenvalue weighted by Crippen LogP contribution is -2.23. The standard InChI is InChI=1S/C29H25N5O3/c1-34-17-22(19-7-3-2-4-8-19)21-15-25(32-26(21)29(34)37)28(36)31-16-18-11-13-20(14-12-18)27(35)33-24-10-6-5-9-23(24)30/h2-15,17,32H,16,30H2,1H3,(H,31,36)(H,33,35). The van der Waals surface area contributed by atoms with Gasteiger partial charge in [0, 0.05) is 36.3 Å². The van der Waals surface area contributed by atoms with E-state index in [1.165, 1.54) is 4.57 Å². The first kappa shape index (κ1) is 23.6. The lowest BCUT2D eigenvalue weighted by molar-refractivity contribution is 0.0945. The lowest BCUT2D eigenvalue weighted by Gasteiger charge is -2.09. The summed E-state index contributed by atoms with van der Waals surface area (Å²) in [6.45, 7) is 0.255. The average Bonchev–Trinajstić information content (AvgIpc) is 3.37. The van der Waals surface area contributed by atoms with Crippen LogP contribution in [0.15, 0.2) is 95.9 Å². The van der Waals surface area contributed by atoms with Crippen LogP contribution in [0.3, 0.4) is 0 Å². The minimum atomic E-state index is -0.335. The van der Waals surface area contributed by atoms with Gasteiger partial charge in [-0.2, -0.15) is 0 Å². The zero-order valence-corrected chi connectivity index (χ0v) is 20.1. The van der Waals surface area contributed by atoms with Gasteiger partial charge in [0.1, 0.15) is 11.2 Å². The van der Waals surface area contributed by atoms with Crippen LogP contribution in [0.25, 0.3) is 22.0 Å². The number of anilines is 2. The Bertz CT molecular complexity index is 1670. The minimum absolute atomic E-state index is 0.208. The number of fused-ring (bicyclic) bond motifs is 1. The first-order valence-corrected chi connectivity index (χ1v) is 11.7. The molecule has 184 valence electrons. The zero-order valence-electron chi connectivity index (χ0n) is 20.1. The molecule has 0 aliphatic heterocycles. The monoisotopic (exact) mass is 491 g/mol. The van der Waals surface area contributed by atoms with Crippen LogP contribution in [-0.2, 0) is 13.6 Å². The summed E-state index contributed by atoms with van der Waals surface area (Å²) in [4.78, 5) is 41.1. The van der Waals surface area contributed by atoms with Crippen molar-refractivity contribution >= 4 is 34.1 Å². The molecule has 8 nitrogen and oxygen atoms in total. The molecule has 0 saturated heterocycles. The van der Waals surface area contributed by atoms with Crippen molar-refractivity contribution in [2.75, 3.05) is 11.1 Å². The van der Waals surface area contributed by atoms with Crippen LogP contribution in [0, 0.1) is 0 Å². The fraction of sp³-hybridized carbons (Fsp3) is 0.0690. The molecule has 0 radical (unpaired) electrons. The van der Waals surface area contributed by atoms with Crippen LogP contribution in [0.1, 0.15) is 26.4 Å². The Morgan fingerprint density at radius 3 is 2.35 bits per heavy atom. The van der Waals surface area contributed by atoms with E-state index in [1.807, 2.05) is 30.3 Å². The van der Waals surface area contributed by atoms with Crippen LogP contribution in [0.2, 0.25) is 0 Å². The second-order valence-electron chi connectivity index (χ2n) is 8.72. The molecule has 0 saturated carbocycles. The SMILES string of the molecule is Cn1cc(-c2ccccc2)c2cc(C(=O)NCc3ccc(C(=O)Nc4ccccc4N)cc3)[nH]c2c1=O. The number of rotatable bonds is 6. The summed E-state index contributed by atoms with van der Waals surface area (Å²) in [5.41, 5.74) is 10.5. The Kier molecular flexibility index (Phi) is 6.30. The summed E-state index contributed by atoms with van der Waals surface area (Å²) < 4.78 is 1.51. The number of hydrogen-bond donors (Lipinski definition) is 4. The van der Waals surface area contributed by atoms with E-state index in [2.05, 4.69) is 15.6 Å². The number of nitrogen functional groups attached to an aromatic ring is 1. The van der Waals surface area contributed by atoms with Gasteiger partial charge in [-0.1, -0.05) is 54.6 Å². The maximum Gasteiger partial charge on any atom is 0.274 e. The van der Waals surface area contributed by atoms with E-state index in [1.54, 1.807) is 67.8 Å². The molecular weight excluding hydrogens is 466 g/mol. The molecule has 37 heavy (non-hydrogen) atoms. The molecule has 8 heteroatoms. The summed E-state index contributed by atoms with van der Waals surface area (Å²) in [7, 11) is 1.69. The third kappa shape index (κ3) is 4.85. The number of nitrogens with zero attached hydrogens (tertiary/aromatic N) is 1. The number of hydrogen-bond acceptors (Lipinski definition) is 4. The molecule has 0 unspecified atom stereocenters. The number of amides is 2. The number of nitrogens with two attached hydrogens (primary N) is 1. The molecule has 5 rings (SSSR count). The number of carbonyl (C=O) groups excluding carboxylic acids is 2. The van der Waals surface area contributed by atoms with Crippen LogP contribution in [0.4, 0.5) is 11.4 Å². The summed E-state index contributed by atoms with van der Waals surface area (Å²) in [5, 5.41) is 6.35. The summed E-state index contributed by atoms with van der Waals surface area (Å²) in [6.07, 6.45) is 1.78. The molecule has 0 spiro atoms. The van der Waals surface area contributed by atoms with E-state index in [0.29, 0.717) is 33.5 Å². The number of aromatic nitrogens is 2. The molecule has 2 aromatic heterocycles. The summed E-state index contributed by atoms with van der Waals surface area (Å²) in [5.74, 6) is -0.610. The predicted molar refractivity (Wildman–Crippen MR) is 145 cm³/mol. The first-order valence-electron chi connectivity index (χ1n) is 11.7. The van der Waals surface area contributed by atoms with Crippen molar-refractivity contribution in [3.8, 4) is 11.1 Å². The number of aromatic amines is 1. The minimum Gasteiger partial charge on any atom is -0.397 e. The Morgan fingerprint density at radius 2 is 1.62 bits per heavy atom. The molecule has 3 aromatic carbocycles. The Morgan fingerprint density at radius 1 is 0.919 bits per heavy atom. The maximum absolute atomic E-state index is 12.9. The smallest absolute Gasteiger partial charge is 0.274 e. The number of aryl methyl sites for hydroxylation is 1.